The van der Waals surface area contributed by atoms with E-state index in [-0.39, 0.29) is 17.9 Å². The molecule has 5 heteroatoms. The Morgan fingerprint density at radius 1 is 1.30 bits per heavy atom. The Balaban J connectivity index is 1.79. The molecule has 2 aromatic heterocycles. The molecule has 0 saturated heterocycles. The first kappa shape index (κ1) is 19.2. The van der Waals surface area contributed by atoms with Crippen LogP contribution < -0.4 is 0 Å². The number of allylic oxidation sites excluding steroid dienone is 1. The second kappa shape index (κ2) is 7.47. The van der Waals surface area contributed by atoms with Crippen molar-refractivity contribution in [3.8, 4) is 0 Å². The fourth-order valence-corrected chi connectivity index (χ4v) is 5.33. The number of carbonyl (C=O) groups is 1. The van der Waals surface area contributed by atoms with Crippen LogP contribution in [0.25, 0.3) is 21.8 Å². The largest absolute Gasteiger partial charge is 0.466 e. The number of nitrogens with zero attached hydrogens (tertiary/aromatic N) is 1. The lowest BCUT2D eigenvalue weighted by atomic mass is 9.91. The van der Waals surface area contributed by atoms with Crippen LogP contribution in [0, 0.1) is 5.92 Å². The summed E-state index contributed by atoms with van der Waals surface area (Å²) in [5, 5.41) is 2.36. The fourth-order valence-electron chi connectivity index (χ4n) is 4.97. The minimum atomic E-state index is -0.258. The van der Waals surface area contributed by atoms with Crippen molar-refractivity contribution in [2.75, 3.05) is 6.61 Å². The number of para-hydroxylation sites is 1. The number of aromatic amines is 1. The Morgan fingerprint density at radius 3 is 2.93 bits per heavy atom. The molecule has 0 bridgehead atoms. The van der Waals surface area contributed by atoms with Crippen LogP contribution in [0.4, 0.5) is 0 Å². The topological polar surface area (TPSA) is 47.0 Å². The van der Waals surface area contributed by atoms with E-state index in [1.165, 1.54) is 16.6 Å². The lowest BCUT2D eigenvalue weighted by Crippen LogP contribution is -2.24. The van der Waals surface area contributed by atoms with Crippen LogP contribution in [0.15, 0.2) is 65.8 Å². The maximum absolute atomic E-state index is 13.1. The van der Waals surface area contributed by atoms with Crippen LogP contribution in [0.3, 0.4) is 0 Å². The van der Waals surface area contributed by atoms with E-state index in [0.717, 1.165) is 32.9 Å². The van der Waals surface area contributed by atoms with Crippen molar-refractivity contribution in [2.24, 2.45) is 5.92 Å². The molecule has 0 fully saturated rings. The predicted molar refractivity (Wildman–Crippen MR) is 124 cm³/mol. The van der Waals surface area contributed by atoms with Gasteiger partial charge in [-0.15, -0.1) is 6.58 Å². The van der Waals surface area contributed by atoms with E-state index in [4.69, 9.17) is 4.74 Å². The zero-order chi connectivity index (χ0) is 20.8. The summed E-state index contributed by atoms with van der Waals surface area (Å²) in [5.74, 6) is -0.393. The molecule has 0 amide bonds. The van der Waals surface area contributed by atoms with Crippen LogP contribution in [0.5, 0.6) is 0 Å². The van der Waals surface area contributed by atoms with Crippen LogP contribution in [-0.4, -0.2) is 22.1 Å². The lowest BCUT2D eigenvalue weighted by Gasteiger charge is -2.21. The molecule has 2 atom stereocenters. The van der Waals surface area contributed by atoms with E-state index in [2.05, 4.69) is 68.5 Å². The standard InChI is InChI=1S/C25H23BrN2O2/c1-3-7-16-17-8-5-6-9-22(17)28-23(16)13-19(25(29)30-4-2)24(28)20-14-27-21-11-10-15(26)12-18(20)21/h3,5-6,8-12,14,19,24,27H,1,4,7,13H2,2H3/t19-,24-/m1/s1. The third-order valence-corrected chi connectivity index (χ3v) is 6.63. The van der Waals surface area contributed by atoms with Crippen molar-refractivity contribution in [1.82, 2.24) is 9.55 Å². The van der Waals surface area contributed by atoms with Crippen molar-refractivity contribution in [1.29, 1.82) is 0 Å². The van der Waals surface area contributed by atoms with E-state index in [0.29, 0.717) is 13.0 Å². The van der Waals surface area contributed by atoms with Crippen molar-refractivity contribution in [2.45, 2.75) is 25.8 Å². The second-order valence-electron chi connectivity index (χ2n) is 7.75. The Morgan fingerprint density at radius 2 is 2.13 bits per heavy atom. The molecule has 3 heterocycles. The van der Waals surface area contributed by atoms with Gasteiger partial charge in [-0.3, -0.25) is 4.79 Å². The van der Waals surface area contributed by atoms with Gasteiger partial charge in [-0.2, -0.15) is 0 Å². The Labute approximate surface area is 183 Å². The van der Waals surface area contributed by atoms with E-state index in [1.54, 1.807) is 0 Å². The fraction of sp³-hybridized carbons (Fsp3) is 0.240. The van der Waals surface area contributed by atoms with Crippen LogP contribution in [-0.2, 0) is 22.4 Å². The van der Waals surface area contributed by atoms with Crippen LogP contribution in [0.1, 0.15) is 29.8 Å². The number of H-pyrrole nitrogens is 1. The smallest absolute Gasteiger partial charge is 0.311 e. The monoisotopic (exact) mass is 462 g/mol. The average molecular weight is 463 g/mol. The Kier molecular flexibility index (Phi) is 4.78. The minimum Gasteiger partial charge on any atom is -0.466 e. The van der Waals surface area contributed by atoms with Crippen molar-refractivity contribution in [3.63, 3.8) is 0 Å². The van der Waals surface area contributed by atoms with Gasteiger partial charge in [-0.05, 0) is 43.2 Å². The predicted octanol–water partition coefficient (Wildman–Crippen LogP) is 5.94. The normalized spacial score (nSPS) is 18.1. The highest BCUT2D eigenvalue weighted by Gasteiger charge is 2.42. The molecular formula is C25H23BrN2O2. The summed E-state index contributed by atoms with van der Waals surface area (Å²) in [5.41, 5.74) is 5.81. The van der Waals surface area contributed by atoms with Gasteiger partial charge in [0.05, 0.1) is 18.6 Å². The summed E-state index contributed by atoms with van der Waals surface area (Å²) >= 11 is 3.60. The molecule has 0 radical (unpaired) electrons. The van der Waals surface area contributed by atoms with Crippen molar-refractivity contribution >= 4 is 43.7 Å². The zero-order valence-corrected chi connectivity index (χ0v) is 18.4. The first-order valence-electron chi connectivity index (χ1n) is 10.3. The summed E-state index contributed by atoms with van der Waals surface area (Å²) in [4.78, 5) is 16.4. The van der Waals surface area contributed by atoms with Gasteiger partial charge in [-0.25, -0.2) is 0 Å². The van der Waals surface area contributed by atoms with Gasteiger partial charge in [0.25, 0.3) is 0 Å². The number of nitrogens with one attached hydrogen (secondary N) is 1. The average Bonchev–Trinajstić information content (AvgIpc) is 3.40. The lowest BCUT2D eigenvalue weighted by molar-refractivity contribution is -0.148. The van der Waals surface area contributed by atoms with Gasteiger partial charge in [0.2, 0.25) is 0 Å². The Hall–Kier alpha value is -2.79. The molecule has 0 spiro atoms. The van der Waals surface area contributed by atoms with Crippen molar-refractivity contribution in [3.05, 3.63) is 82.6 Å². The molecule has 1 aliphatic rings. The van der Waals surface area contributed by atoms with E-state index in [9.17, 15) is 4.79 Å². The molecule has 1 aliphatic heterocycles. The number of hydrogen-bond acceptors (Lipinski definition) is 2. The molecule has 0 unspecified atom stereocenters. The molecule has 152 valence electrons. The van der Waals surface area contributed by atoms with E-state index < -0.39 is 0 Å². The highest BCUT2D eigenvalue weighted by atomic mass is 79.9. The summed E-state index contributed by atoms with van der Waals surface area (Å²) in [6.45, 7) is 6.21. The number of halogens is 1. The van der Waals surface area contributed by atoms with Crippen LogP contribution >= 0.6 is 15.9 Å². The van der Waals surface area contributed by atoms with Crippen molar-refractivity contribution < 1.29 is 9.53 Å². The minimum absolute atomic E-state index is 0.120. The van der Waals surface area contributed by atoms with Gasteiger partial charge in [0.15, 0.2) is 0 Å². The quantitative estimate of drug-likeness (QED) is 0.294. The summed E-state index contributed by atoms with van der Waals surface area (Å²) in [6, 6.07) is 14.5. The molecule has 30 heavy (non-hydrogen) atoms. The maximum atomic E-state index is 13.1. The highest BCUT2D eigenvalue weighted by molar-refractivity contribution is 9.10. The number of carbonyl (C=O) groups excluding carboxylic acids is 1. The number of benzene rings is 2. The van der Waals surface area contributed by atoms with Gasteiger partial charge in [0, 0.05) is 50.2 Å². The Bertz CT molecular complexity index is 1280. The number of fused-ring (bicyclic) bond motifs is 4. The summed E-state index contributed by atoms with van der Waals surface area (Å²) < 4.78 is 8.89. The third kappa shape index (κ3) is 2.83. The van der Waals surface area contributed by atoms with Crippen LogP contribution in [0.2, 0.25) is 0 Å². The third-order valence-electron chi connectivity index (χ3n) is 6.13. The molecule has 1 N–H and O–H groups in total. The molecule has 0 aliphatic carbocycles. The number of esters is 1. The summed E-state index contributed by atoms with van der Waals surface area (Å²) in [7, 11) is 0. The highest BCUT2D eigenvalue weighted by Crippen LogP contribution is 2.46. The first-order chi connectivity index (χ1) is 14.6. The number of rotatable bonds is 5. The number of aromatic nitrogens is 2. The van der Waals surface area contributed by atoms with Gasteiger partial charge >= 0.3 is 5.97 Å². The molecule has 5 rings (SSSR count). The molecule has 2 aromatic carbocycles. The SMILES string of the molecule is C=CCc1c2n(c3ccccc13)[C@@H](c1c[nH]c3ccc(Br)cc13)[C@H](C(=O)OCC)C2. The molecular weight excluding hydrogens is 440 g/mol. The zero-order valence-electron chi connectivity index (χ0n) is 16.8. The maximum Gasteiger partial charge on any atom is 0.311 e. The number of ether oxygens (including phenoxy) is 1. The van der Waals surface area contributed by atoms with E-state index >= 15 is 0 Å². The van der Waals surface area contributed by atoms with Gasteiger partial charge in [-0.1, -0.05) is 40.2 Å². The molecule has 4 aromatic rings. The number of hydrogen-bond donors (Lipinski definition) is 1. The first-order valence-corrected chi connectivity index (χ1v) is 11.1. The van der Waals surface area contributed by atoms with Gasteiger partial charge in [0.1, 0.15) is 0 Å². The van der Waals surface area contributed by atoms with Gasteiger partial charge < -0.3 is 14.3 Å². The molecule has 0 saturated carbocycles. The van der Waals surface area contributed by atoms with E-state index in [1.807, 2.05) is 25.3 Å². The molecule has 4 nitrogen and oxygen atoms in total. The second-order valence-corrected chi connectivity index (χ2v) is 8.66. The summed E-state index contributed by atoms with van der Waals surface area (Å²) in [6.07, 6.45) is 5.44.